The van der Waals surface area contributed by atoms with Gasteiger partial charge in [-0.1, -0.05) is 32.1 Å². The number of carbonyl (C=O) groups is 1. The second-order valence-corrected chi connectivity index (χ2v) is 4.60. The fourth-order valence-electron chi connectivity index (χ4n) is 2.74. The second kappa shape index (κ2) is 3.69. The average Bonchev–Trinajstić information content (AvgIpc) is 2.81. The smallest absolute Gasteiger partial charge is 0.306 e. The number of fused-ring (bicyclic) bond motifs is 1. The molecule has 0 unspecified atom stereocenters. The summed E-state index contributed by atoms with van der Waals surface area (Å²) in [7, 11) is 0. The molecule has 0 bridgehead atoms. The SMILES string of the molecule is O=C(O)[C@H]1CCCCCC[C@@H]2C[C@@H]21. The molecular weight excluding hydrogens is 164 g/mol. The van der Waals surface area contributed by atoms with Gasteiger partial charge in [0.2, 0.25) is 0 Å². The first kappa shape index (κ1) is 9.04. The van der Waals surface area contributed by atoms with Gasteiger partial charge < -0.3 is 5.11 Å². The summed E-state index contributed by atoms with van der Waals surface area (Å²) in [5.41, 5.74) is 0. The lowest BCUT2D eigenvalue weighted by Crippen LogP contribution is -2.16. The van der Waals surface area contributed by atoms with Gasteiger partial charge in [-0.2, -0.15) is 0 Å². The van der Waals surface area contributed by atoms with E-state index in [0.29, 0.717) is 5.92 Å². The third-order valence-electron chi connectivity index (χ3n) is 3.65. The Morgan fingerprint density at radius 1 is 1.08 bits per heavy atom. The molecule has 2 fully saturated rings. The van der Waals surface area contributed by atoms with Gasteiger partial charge >= 0.3 is 5.97 Å². The molecule has 74 valence electrons. The number of carboxylic acids is 1. The fourth-order valence-corrected chi connectivity index (χ4v) is 2.74. The van der Waals surface area contributed by atoms with E-state index in [0.717, 1.165) is 18.8 Å². The lowest BCUT2D eigenvalue weighted by atomic mass is 9.96. The molecule has 0 heterocycles. The van der Waals surface area contributed by atoms with Crippen molar-refractivity contribution in [2.45, 2.75) is 44.9 Å². The lowest BCUT2D eigenvalue weighted by Gasteiger charge is -2.09. The molecule has 0 amide bonds. The third kappa shape index (κ3) is 2.04. The molecule has 0 aromatic rings. The largest absolute Gasteiger partial charge is 0.481 e. The van der Waals surface area contributed by atoms with Crippen molar-refractivity contribution in [3.8, 4) is 0 Å². The van der Waals surface area contributed by atoms with Crippen molar-refractivity contribution < 1.29 is 9.90 Å². The van der Waals surface area contributed by atoms with Crippen LogP contribution >= 0.6 is 0 Å². The average molecular weight is 182 g/mol. The van der Waals surface area contributed by atoms with E-state index < -0.39 is 5.97 Å². The van der Waals surface area contributed by atoms with Gasteiger partial charge in [-0.05, 0) is 24.7 Å². The molecule has 2 rings (SSSR count). The molecule has 0 spiro atoms. The van der Waals surface area contributed by atoms with E-state index in [9.17, 15) is 4.79 Å². The number of aliphatic carboxylic acids is 1. The summed E-state index contributed by atoms with van der Waals surface area (Å²) in [6.45, 7) is 0. The summed E-state index contributed by atoms with van der Waals surface area (Å²) in [6.07, 6.45) is 8.41. The van der Waals surface area contributed by atoms with Gasteiger partial charge in [0, 0.05) is 0 Å². The van der Waals surface area contributed by atoms with Crippen LogP contribution in [0.1, 0.15) is 44.9 Å². The van der Waals surface area contributed by atoms with Crippen LogP contribution in [-0.4, -0.2) is 11.1 Å². The molecule has 0 aromatic heterocycles. The molecule has 2 aliphatic rings. The first-order valence-electron chi connectivity index (χ1n) is 5.52. The van der Waals surface area contributed by atoms with Crippen molar-refractivity contribution >= 4 is 5.97 Å². The van der Waals surface area contributed by atoms with Crippen molar-refractivity contribution in [2.24, 2.45) is 17.8 Å². The Balaban J connectivity index is 1.95. The normalized spacial score (nSPS) is 39.5. The molecule has 2 aliphatic carbocycles. The van der Waals surface area contributed by atoms with E-state index >= 15 is 0 Å². The molecule has 1 N–H and O–H groups in total. The monoisotopic (exact) mass is 182 g/mol. The second-order valence-electron chi connectivity index (χ2n) is 4.60. The highest BCUT2D eigenvalue weighted by Crippen LogP contribution is 2.49. The molecule has 0 aliphatic heterocycles. The van der Waals surface area contributed by atoms with Crippen molar-refractivity contribution in [3.05, 3.63) is 0 Å². The minimum Gasteiger partial charge on any atom is -0.481 e. The molecule has 2 saturated carbocycles. The summed E-state index contributed by atoms with van der Waals surface area (Å²) < 4.78 is 0. The van der Waals surface area contributed by atoms with Gasteiger partial charge in [0.1, 0.15) is 0 Å². The van der Waals surface area contributed by atoms with Gasteiger partial charge in [0.25, 0.3) is 0 Å². The van der Waals surface area contributed by atoms with Crippen LogP contribution in [-0.2, 0) is 4.79 Å². The van der Waals surface area contributed by atoms with Crippen molar-refractivity contribution in [2.75, 3.05) is 0 Å². The third-order valence-corrected chi connectivity index (χ3v) is 3.65. The van der Waals surface area contributed by atoms with Crippen molar-refractivity contribution in [3.63, 3.8) is 0 Å². The molecule has 0 saturated heterocycles. The van der Waals surface area contributed by atoms with Gasteiger partial charge in [-0.25, -0.2) is 0 Å². The molecule has 3 atom stereocenters. The van der Waals surface area contributed by atoms with Crippen LogP contribution in [0.25, 0.3) is 0 Å². The zero-order valence-electron chi connectivity index (χ0n) is 8.04. The zero-order chi connectivity index (χ0) is 9.26. The molecule has 0 aromatic carbocycles. The maximum atomic E-state index is 11.0. The number of carboxylic acid groups (broad SMARTS) is 1. The van der Waals surface area contributed by atoms with Gasteiger partial charge in [0.05, 0.1) is 5.92 Å². The van der Waals surface area contributed by atoms with Crippen LogP contribution in [0.2, 0.25) is 0 Å². The quantitative estimate of drug-likeness (QED) is 0.677. The number of hydrogen-bond donors (Lipinski definition) is 1. The first-order chi connectivity index (χ1) is 6.29. The highest BCUT2D eigenvalue weighted by molar-refractivity contribution is 5.70. The van der Waals surface area contributed by atoms with E-state index in [2.05, 4.69) is 0 Å². The molecule has 2 heteroatoms. The number of hydrogen-bond acceptors (Lipinski definition) is 1. The Morgan fingerprint density at radius 2 is 1.77 bits per heavy atom. The first-order valence-corrected chi connectivity index (χ1v) is 5.52. The predicted octanol–water partition coefficient (Wildman–Crippen LogP) is 2.68. The van der Waals surface area contributed by atoms with Crippen LogP contribution in [0.4, 0.5) is 0 Å². The molecule has 0 radical (unpaired) electrons. The van der Waals surface area contributed by atoms with E-state index in [1.807, 2.05) is 0 Å². The van der Waals surface area contributed by atoms with Crippen LogP contribution in [0.3, 0.4) is 0 Å². The minimum absolute atomic E-state index is 0.0110. The van der Waals surface area contributed by atoms with Crippen molar-refractivity contribution in [1.29, 1.82) is 0 Å². The molecule has 13 heavy (non-hydrogen) atoms. The van der Waals surface area contributed by atoms with Gasteiger partial charge in [-0.15, -0.1) is 0 Å². The standard InChI is InChI=1S/C11H18O2/c12-11(13)9-6-4-2-1-3-5-8-7-10(8)9/h8-10H,1-7H2,(H,12,13)/t8-,9+,10+/m1/s1. The minimum atomic E-state index is -0.547. The van der Waals surface area contributed by atoms with Crippen LogP contribution in [0.5, 0.6) is 0 Å². The van der Waals surface area contributed by atoms with E-state index in [1.54, 1.807) is 0 Å². The van der Waals surface area contributed by atoms with Gasteiger partial charge in [0.15, 0.2) is 0 Å². The fraction of sp³-hybridized carbons (Fsp3) is 0.909. The highest BCUT2D eigenvalue weighted by Gasteiger charge is 2.45. The summed E-state index contributed by atoms with van der Waals surface area (Å²) in [5.74, 6) is 0.743. The Morgan fingerprint density at radius 3 is 2.46 bits per heavy atom. The Labute approximate surface area is 79.3 Å². The van der Waals surface area contributed by atoms with Crippen LogP contribution in [0.15, 0.2) is 0 Å². The van der Waals surface area contributed by atoms with E-state index in [4.69, 9.17) is 5.11 Å². The summed E-state index contributed by atoms with van der Waals surface area (Å²) >= 11 is 0. The maximum Gasteiger partial charge on any atom is 0.306 e. The highest BCUT2D eigenvalue weighted by atomic mass is 16.4. The summed E-state index contributed by atoms with van der Waals surface area (Å²) in [6, 6.07) is 0. The lowest BCUT2D eigenvalue weighted by molar-refractivity contribution is -0.142. The number of rotatable bonds is 1. The van der Waals surface area contributed by atoms with Gasteiger partial charge in [-0.3, -0.25) is 4.79 Å². The Hall–Kier alpha value is -0.530. The Kier molecular flexibility index (Phi) is 2.56. The topological polar surface area (TPSA) is 37.3 Å². The van der Waals surface area contributed by atoms with E-state index in [1.165, 1.54) is 32.1 Å². The predicted molar refractivity (Wildman–Crippen MR) is 50.4 cm³/mol. The van der Waals surface area contributed by atoms with Crippen molar-refractivity contribution in [1.82, 2.24) is 0 Å². The molecular formula is C11H18O2. The Bertz CT molecular complexity index is 200. The molecule has 2 nitrogen and oxygen atoms in total. The summed E-state index contributed by atoms with van der Waals surface area (Å²) in [5, 5.41) is 9.04. The maximum absolute atomic E-state index is 11.0. The van der Waals surface area contributed by atoms with Crippen LogP contribution in [0, 0.1) is 17.8 Å². The summed E-state index contributed by atoms with van der Waals surface area (Å²) in [4.78, 5) is 11.0. The van der Waals surface area contributed by atoms with Crippen LogP contribution < -0.4 is 0 Å². The zero-order valence-corrected chi connectivity index (χ0v) is 8.04. The van der Waals surface area contributed by atoms with E-state index in [-0.39, 0.29) is 5.92 Å².